The number of nitrogen functional groups attached to an aromatic ring is 1. The summed E-state index contributed by atoms with van der Waals surface area (Å²) in [5, 5.41) is 4.78. The highest BCUT2D eigenvalue weighted by atomic mass is 16.5. The Bertz CT molecular complexity index is 567. The van der Waals surface area contributed by atoms with Gasteiger partial charge in [0.1, 0.15) is 5.75 Å². The third-order valence-corrected chi connectivity index (χ3v) is 5.79. The summed E-state index contributed by atoms with van der Waals surface area (Å²) in [5.41, 5.74) is 9.45. The number of nitrogens with zero attached hydrogens (tertiary/aromatic N) is 3. The van der Waals surface area contributed by atoms with Gasteiger partial charge < -0.3 is 15.4 Å². The van der Waals surface area contributed by atoms with Crippen LogP contribution in [0.15, 0.2) is 12.1 Å². The van der Waals surface area contributed by atoms with Crippen LogP contribution in [0.2, 0.25) is 0 Å². The van der Waals surface area contributed by atoms with E-state index in [0.717, 1.165) is 42.9 Å². The Morgan fingerprint density at radius 1 is 1.17 bits per heavy atom. The first-order valence-electron chi connectivity index (χ1n) is 9.20. The van der Waals surface area contributed by atoms with E-state index in [2.05, 4.69) is 48.1 Å². The van der Waals surface area contributed by atoms with E-state index in [0.29, 0.717) is 0 Å². The van der Waals surface area contributed by atoms with Crippen LogP contribution in [0.5, 0.6) is 5.75 Å². The largest absolute Gasteiger partial charge is 0.495 e. The maximum Gasteiger partial charge on any atom is 0.143 e. The number of piperidine rings is 1. The summed E-state index contributed by atoms with van der Waals surface area (Å²) in [4.78, 5) is 2.52. The molecule has 1 unspecified atom stereocenters. The first-order chi connectivity index (χ1) is 11.5. The van der Waals surface area contributed by atoms with Gasteiger partial charge in [-0.05, 0) is 43.2 Å². The highest BCUT2D eigenvalue weighted by Gasteiger charge is 2.37. The molecular formula is C19H32N4O. The molecule has 0 saturated carbocycles. The normalized spacial score (nSPS) is 22.7. The molecule has 2 saturated heterocycles. The number of anilines is 2. The molecule has 2 aliphatic heterocycles. The van der Waals surface area contributed by atoms with Gasteiger partial charge in [0.25, 0.3) is 0 Å². The van der Waals surface area contributed by atoms with Gasteiger partial charge in [0.15, 0.2) is 0 Å². The Morgan fingerprint density at radius 3 is 2.38 bits per heavy atom. The summed E-state index contributed by atoms with van der Waals surface area (Å²) in [5.74, 6) is 1.61. The summed E-state index contributed by atoms with van der Waals surface area (Å²) in [6, 6.07) is 4.96. The van der Waals surface area contributed by atoms with E-state index in [1.807, 2.05) is 0 Å². The summed E-state index contributed by atoms with van der Waals surface area (Å²) in [7, 11) is 6.02. The van der Waals surface area contributed by atoms with Crippen molar-refractivity contribution in [3.05, 3.63) is 17.7 Å². The van der Waals surface area contributed by atoms with Gasteiger partial charge in [-0.15, -0.1) is 0 Å². The monoisotopic (exact) mass is 332 g/mol. The zero-order valence-corrected chi connectivity index (χ0v) is 15.6. The van der Waals surface area contributed by atoms with E-state index in [1.165, 1.54) is 37.1 Å². The summed E-state index contributed by atoms with van der Waals surface area (Å²) < 4.78 is 5.44. The number of aryl methyl sites for hydroxylation is 1. The fraction of sp³-hybridized carbons (Fsp3) is 0.684. The molecule has 24 heavy (non-hydrogen) atoms. The summed E-state index contributed by atoms with van der Waals surface area (Å²) >= 11 is 0. The highest BCUT2D eigenvalue weighted by Crippen LogP contribution is 2.37. The molecule has 5 heteroatoms. The molecule has 0 spiro atoms. The van der Waals surface area contributed by atoms with Crippen LogP contribution in [-0.4, -0.2) is 56.9 Å². The van der Waals surface area contributed by atoms with Crippen LogP contribution in [0.3, 0.4) is 0 Å². The maximum absolute atomic E-state index is 6.08. The number of hydrogen-bond acceptors (Lipinski definition) is 5. The van der Waals surface area contributed by atoms with Gasteiger partial charge in [-0.25, -0.2) is 10.0 Å². The molecule has 3 rings (SSSR count). The number of methoxy groups -OCH3 is 1. The van der Waals surface area contributed by atoms with Crippen molar-refractivity contribution in [2.75, 3.05) is 51.5 Å². The molecule has 1 aromatic carbocycles. The zero-order chi connectivity index (χ0) is 17.3. The van der Waals surface area contributed by atoms with Crippen LogP contribution in [0.4, 0.5) is 11.4 Å². The Kier molecular flexibility index (Phi) is 5.21. The van der Waals surface area contributed by atoms with E-state index in [9.17, 15) is 0 Å². The van der Waals surface area contributed by atoms with Crippen molar-refractivity contribution in [2.24, 2.45) is 5.92 Å². The summed E-state index contributed by atoms with van der Waals surface area (Å²) in [6.07, 6.45) is 4.88. The van der Waals surface area contributed by atoms with Crippen molar-refractivity contribution in [3.8, 4) is 5.75 Å². The Hall–Kier alpha value is -1.46. The van der Waals surface area contributed by atoms with Crippen molar-refractivity contribution < 1.29 is 4.74 Å². The molecule has 0 bridgehead atoms. The number of nitrogens with two attached hydrogens (primary N) is 1. The molecule has 134 valence electrons. The summed E-state index contributed by atoms with van der Waals surface area (Å²) in [6.45, 7) is 5.67. The van der Waals surface area contributed by atoms with Gasteiger partial charge in [0, 0.05) is 51.5 Å². The highest BCUT2D eigenvalue weighted by molar-refractivity contribution is 5.67. The lowest BCUT2D eigenvalue weighted by Gasteiger charge is -2.50. The number of ether oxygens (including phenoxy) is 1. The molecular weight excluding hydrogens is 300 g/mol. The molecule has 2 N–H and O–H groups in total. The lowest BCUT2D eigenvalue weighted by Crippen LogP contribution is -2.59. The minimum Gasteiger partial charge on any atom is -0.495 e. The van der Waals surface area contributed by atoms with Crippen LogP contribution in [0.1, 0.15) is 31.7 Å². The van der Waals surface area contributed by atoms with E-state index < -0.39 is 0 Å². The van der Waals surface area contributed by atoms with Crippen LogP contribution in [0, 0.1) is 5.92 Å². The quantitative estimate of drug-likeness (QED) is 0.840. The van der Waals surface area contributed by atoms with Crippen molar-refractivity contribution in [1.82, 2.24) is 10.0 Å². The smallest absolute Gasteiger partial charge is 0.143 e. The van der Waals surface area contributed by atoms with Crippen LogP contribution in [0.25, 0.3) is 0 Å². The SMILES string of the molecule is CCc1cc(N)c(OC)cc1N1CCC(C2CCN2N(C)C)CC1. The minimum absolute atomic E-state index is 0.740. The van der Waals surface area contributed by atoms with E-state index in [4.69, 9.17) is 10.5 Å². The topological polar surface area (TPSA) is 45.0 Å². The lowest BCUT2D eigenvalue weighted by molar-refractivity contribution is -0.110. The molecule has 1 atom stereocenters. The minimum atomic E-state index is 0.740. The standard InChI is InChI=1S/C19H32N4O/c1-5-14-12-16(20)19(24-4)13-18(14)22-9-6-15(7-10-22)17-8-11-23(17)21(2)3/h12-13,15,17H,5-11,20H2,1-4H3. The van der Waals surface area contributed by atoms with Gasteiger partial charge in [-0.2, -0.15) is 0 Å². The molecule has 2 fully saturated rings. The first kappa shape index (κ1) is 17.4. The van der Waals surface area contributed by atoms with Crippen LogP contribution >= 0.6 is 0 Å². The zero-order valence-electron chi connectivity index (χ0n) is 15.6. The molecule has 1 aromatic rings. The average Bonchev–Trinajstić information content (AvgIpc) is 2.53. The molecule has 0 aromatic heterocycles. The van der Waals surface area contributed by atoms with Gasteiger partial charge in [-0.1, -0.05) is 6.92 Å². The first-order valence-corrected chi connectivity index (χ1v) is 9.20. The maximum atomic E-state index is 6.08. The fourth-order valence-corrected chi connectivity index (χ4v) is 4.28. The second kappa shape index (κ2) is 7.19. The number of hydrogen-bond donors (Lipinski definition) is 1. The van der Waals surface area contributed by atoms with Crippen molar-refractivity contribution in [2.45, 2.75) is 38.6 Å². The van der Waals surface area contributed by atoms with Gasteiger partial charge >= 0.3 is 0 Å². The Morgan fingerprint density at radius 2 is 1.88 bits per heavy atom. The Labute approximate surface area is 146 Å². The number of rotatable bonds is 5. The third-order valence-electron chi connectivity index (χ3n) is 5.79. The predicted octanol–water partition coefficient (Wildman–Crippen LogP) is 2.61. The van der Waals surface area contributed by atoms with Gasteiger partial charge in [0.05, 0.1) is 12.8 Å². The van der Waals surface area contributed by atoms with Crippen molar-refractivity contribution >= 4 is 11.4 Å². The van der Waals surface area contributed by atoms with Gasteiger partial charge in [-0.3, -0.25) is 0 Å². The number of hydrazine groups is 1. The van der Waals surface area contributed by atoms with Crippen molar-refractivity contribution in [3.63, 3.8) is 0 Å². The molecule has 2 heterocycles. The molecule has 5 nitrogen and oxygen atoms in total. The molecule has 0 radical (unpaired) electrons. The van der Waals surface area contributed by atoms with E-state index in [-0.39, 0.29) is 0 Å². The van der Waals surface area contributed by atoms with Crippen molar-refractivity contribution in [1.29, 1.82) is 0 Å². The Balaban J connectivity index is 1.68. The predicted molar refractivity (Wildman–Crippen MR) is 101 cm³/mol. The lowest BCUT2D eigenvalue weighted by atomic mass is 9.83. The van der Waals surface area contributed by atoms with E-state index >= 15 is 0 Å². The average molecular weight is 332 g/mol. The fourth-order valence-electron chi connectivity index (χ4n) is 4.28. The third kappa shape index (κ3) is 3.20. The second-order valence-corrected chi connectivity index (χ2v) is 7.27. The molecule has 2 aliphatic rings. The molecule has 0 aliphatic carbocycles. The van der Waals surface area contributed by atoms with Crippen LogP contribution < -0.4 is 15.4 Å². The van der Waals surface area contributed by atoms with Crippen LogP contribution in [-0.2, 0) is 6.42 Å². The number of benzene rings is 1. The second-order valence-electron chi connectivity index (χ2n) is 7.27. The van der Waals surface area contributed by atoms with E-state index in [1.54, 1.807) is 7.11 Å². The molecule has 0 amide bonds. The van der Waals surface area contributed by atoms with Gasteiger partial charge in [0.2, 0.25) is 0 Å².